The van der Waals surface area contributed by atoms with E-state index in [0.29, 0.717) is 18.8 Å². The maximum Gasteiger partial charge on any atom is 0.320 e. The van der Waals surface area contributed by atoms with Gasteiger partial charge in [-0.15, -0.1) is 0 Å². The van der Waals surface area contributed by atoms with Crippen LogP contribution < -0.4 is 4.74 Å². The Morgan fingerprint density at radius 2 is 1.95 bits per heavy atom. The first-order valence-corrected chi connectivity index (χ1v) is 6.45. The summed E-state index contributed by atoms with van der Waals surface area (Å²) in [5.41, 5.74) is 0. The van der Waals surface area contributed by atoms with Gasteiger partial charge in [-0.25, -0.2) is 4.39 Å². The third kappa shape index (κ3) is 3.67. The molecule has 0 saturated carbocycles. The summed E-state index contributed by atoms with van der Waals surface area (Å²) >= 11 is 0. The minimum atomic E-state index is -0.794. The molecule has 0 radical (unpaired) electrons. The number of aliphatic carboxylic acids is 1. The molecule has 0 bridgehead atoms. The second kappa shape index (κ2) is 6.02. The Bertz CT molecular complexity index is 427. The lowest BCUT2D eigenvalue weighted by atomic mass is 10.1. The van der Waals surface area contributed by atoms with Gasteiger partial charge in [-0.05, 0) is 44.0 Å². The summed E-state index contributed by atoms with van der Waals surface area (Å²) in [6, 6.07) is 5.52. The van der Waals surface area contributed by atoms with Crippen LogP contribution in [0.25, 0.3) is 0 Å². The van der Waals surface area contributed by atoms with Gasteiger partial charge in [0, 0.05) is 13.1 Å². The molecule has 1 aliphatic rings. The summed E-state index contributed by atoms with van der Waals surface area (Å²) in [4.78, 5) is 12.8. The molecular formula is C14H18FNO3. The second-order valence-electron chi connectivity index (χ2n) is 4.82. The van der Waals surface area contributed by atoms with E-state index in [9.17, 15) is 9.18 Å². The van der Waals surface area contributed by atoms with E-state index in [1.54, 1.807) is 19.1 Å². The molecule has 19 heavy (non-hydrogen) atoms. The van der Waals surface area contributed by atoms with Crippen molar-refractivity contribution in [3.63, 3.8) is 0 Å². The predicted octanol–water partition coefficient (Wildman–Crippen LogP) is 2.14. The summed E-state index contributed by atoms with van der Waals surface area (Å²) in [5.74, 6) is -0.415. The quantitative estimate of drug-likeness (QED) is 0.908. The molecule has 0 aromatic heterocycles. The molecule has 104 valence electrons. The van der Waals surface area contributed by atoms with Gasteiger partial charge in [0.2, 0.25) is 0 Å². The van der Waals surface area contributed by atoms with Crippen LogP contribution in [-0.2, 0) is 4.79 Å². The molecule has 1 aliphatic heterocycles. The molecule has 0 spiro atoms. The Labute approximate surface area is 111 Å². The number of ether oxygens (including phenoxy) is 1. The molecule has 5 heteroatoms. The molecule has 4 nitrogen and oxygen atoms in total. The van der Waals surface area contributed by atoms with Gasteiger partial charge in [0.25, 0.3) is 0 Å². The minimum absolute atomic E-state index is 0.0720. The Hall–Kier alpha value is -1.62. The van der Waals surface area contributed by atoms with Crippen molar-refractivity contribution in [2.24, 2.45) is 0 Å². The van der Waals surface area contributed by atoms with Crippen molar-refractivity contribution in [2.75, 3.05) is 13.1 Å². The molecule has 1 N–H and O–H groups in total. The Balaban J connectivity index is 1.83. The van der Waals surface area contributed by atoms with Gasteiger partial charge < -0.3 is 9.84 Å². The summed E-state index contributed by atoms with van der Waals surface area (Å²) in [6.07, 6.45) is 1.65. The van der Waals surface area contributed by atoms with Gasteiger partial charge in [-0.2, -0.15) is 0 Å². The van der Waals surface area contributed by atoms with E-state index >= 15 is 0 Å². The standard InChI is InChI=1S/C14H18FNO3/c1-10(14(17)18)16-8-6-13(7-9-16)19-12-4-2-11(15)3-5-12/h2-5,10,13H,6-9H2,1H3,(H,17,18). The third-order valence-electron chi connectivity index (χ3n) is 3.50. The lowest BCUT2D eigenvalue weighted by molar-refractivity contribution is -0.143. The van der Waals surface area contributed by atoms with Crippen LogP contribution in [0.15, 0.2) is 24.3 Å². The zero-order chi connectivity index (χ0) is 13.8. The molecule has 1 saturated heterocycles. The number of hydrogen-bond acceptors (Lipinski definition) is 3. The Kier molecular flexibility index (Phi) is 4.37. The van der Waals surface area contributed by atoms with Crippen molar-refractivity contribution in [1.82, 2.24) is 4.90 Å². The largest absolute Gasteiger partial charge is 0.490 e. The summed E-state index contributed by atoms with van der Waals surface area (Å²) in [5, 5.41) is 8.95. The second-order valence-corrected chi connectivity index (χ2v) is 4.82. The SMILES string of the molecule is CC(C(=O)O)N1CCC(Oc2ccc(F)cc2)CC1. The normalized spacial score (nSPS) is 19.1. The lowest BCUT2D eigenvalue weighted by Gasteiger charge is -2.34. The summed E-state index contributed by atoms with van der Waals surface area (Å²) in [6.45, 7) is 3.11. The van der Waals surface area contributed by atoms with Crippen molar-refractivity contribution < 1.29 is 19.0 Å². The molecular weight excluding hydrogens is 249 g/mol. The van der Waals surface area contributed by atoms with Crippen molar-refractivity contribution in [3.05, 3.63) is 30.1 Å². The van der Waals surface area contributed by atoms with Crippen molar-refractivity contribution in [3.8, 4) is 5.75 Å². The van der Waals surface area contributed by atoms with E-state index in [1.807, 2.05) is 4.90 Å². The average molecular weight is 267 g/mol. The fourth-order valence-corrected chi connectivity index (χ4v) is 2.24. The van der Waals surface area contributed by atoms with Gasteiger partial charge in [0.1, 0.15) is 23.7 Å². The molecule has 0 amide bonds. The fraction of sp³-hybridized carbons (Fsp3) is 0.500. The van der Waals surface area contributed by atoms with E-state index in [2.05, 4.69) is 0 Å². The van der Waals surface area contributed by atoms with Crippen LogP contribution >= 0.6 is 0 Å². The van der Waals surface area contributed by atoms with E-state index in [1.165, 1.54) is 12.1 Å². The molecule has 1 heterocycles. The van der Waals surface area contributed by atoms with Crippen LogP contribution in [0.4, 0.5) is 4.39 Å². The van der Waals surface area contributed by atoms with Crippen LogP contribution in [0.2, 0.25) is 0 Å². The van der Waals surface area contributed by atoms with Gasteiger partial charge >= 0.3 is 5.97 Å². The molecule has 2 rings (SSSR count). The number of halogens is 1. The number of hydrogen-bond donors (Lipinski definition) is 1. The number of benzene rings is 1. The van der Waals surface area contributed by atoms with E-state index in [0.717, 1.165) is 12.8 Å². The number of carbonyl (C=O) groups is 1. The smallest absolute Gasteiger partial charge is 0.320 e. The highest BCUT2D eigenvalue weighted by atomic mass is 19.1. The van der Waals surface area contributed by atoms with Crippen molar-refractivity contribution in [2.45, 2.75) is 31.9 Å². The van der Waals surface area contributed by atoms with Gasteiger partial charge in [0.15, 0.2) is 0 Å². The molecule has 1 unspecified atom stereocenters. The van der Waals surface area contributed by atoms with E-state index in [4.69, 9.17) is 9.84 Å². The maximum absolute atomic E-state index is 12.8. The first kappa shape index (κ1) is 13.8. The van der Waals surface area contributed by atoms with Crippen LogP contribution in [0, 0.1) is 5.82 Å². The molecule has 1 aromatic rings. The molecule has 1 atom stereocenters. The Morgan fingerprint density at radius 3 is 2.47 bits per heavy atom. The predicted molar refractivity (Wildman–Crippen MR) is 68.7 cm³/mol. The first-order chi connectivity index (χ1) is 9.06. The maximum atomic E-state index is 12.8. The summed E-state index contributed by atoms with van der Waals surface area (Å²) in [7, 11) is 0. The highest BCUT2D eigenvalue weighted by Crippen LogP contribution is 2.20. The number of carboxylic acid groups (broad SMARTS) is 1. The zero-order valence-corrected chi connectivity index (χ0v) is 10.9. The van der Waals surface area contributed by atoms with Crippen LogP contribution in [0.5, 0.6) is 5.75 Å². The lowest BCUT2D eigenvalue weighted by Crippen LogP contribution is -2.46. The van der Waals surface area contributed by atoms with Crippen molar-refractivity contribution >= 4 is 5.97 Å². The molecule has 0 aliphatic carbocycles. The van der Waals surface area contributed by atoms with Crippen LogP contribution in [0.3, 0.4) is 0 Å². The van der Waals surface area contributed by atoms with E-state index < -0.39 is 12.0 Å². The topological polar surface area (TPSA) is 49.8 Å². The minimum Gasteiger partial charge on any atom is -0.490 e. The van der Waals surface area contributed by atoms with Crippen LogP contribution in [-0.4, -0.2) is 41.2 Å². The Morgan fingerprint density at radius 1 is 1.37 bits per heavy atom. The average Bonchev–Trinajstić information content (AvgIpc) is 2.41. The van der Waals surface area contributed by atoms with Crippen molar-refractivity contribution in [1.29, 1.82) is 0 Å². The first-order valence-electron chi connectivity index (χ1n) is 6.45. The fourth-order valence-electron chi connectivity index (χ4n) is 2.24. The number of likely N-dealkylation sites (tertiary alicyclic amines) is 1. The van der Waals surface area contributed by atoms with E-state index in [-0.39, 0.29) is 11.9 Å². The zero-order valence-electron chi connectivity index (χ0n) is 10.9. The third-order valence-corrected chi connectivity index (χ3v) is 3.50. The number of nitrogens with zero attached hydrogens (tertiary/aromatic N) is 1. The highest BCUT2D eigenvalue weighted by Gasteiger charge is 2.26. The van der Waals surface area contributed by atoms with Gasteiger partial charge in [-0.1, -0.05) is 0 Å². The summed E-state index contributed by atoms with van der Waals surface area (Å²) < 4.78 is 18.5. The molecule has 1 fully saturated rings. The van der Waals surface area contributed by atoms with Gasteiger partial charge in [-0.3, -0.25) is 9.69 Å². The van der Waals surface area contributed by atoms with Crippen LogP contribution in [0.1, 0.15) is 19.8 Å². The number of piperidine rings is 1. The highest BCUT2D eigenvalue weighted by molar-refractivity contribution is 5.72. The number of carboxylic acids is 1. The monoisotopic (exact) mass is 267 g/mol. The van der Waals surface area contributed by atoms with Gasteiger partial charge in [0.05, 0.1) is 0 Å². The number of rotatable bonds is 4. The molecule has 1 aromatic carbocycles.